The van der Waals surface area contributed by atoms with Crippen LogP contribution in [0.15, 0.2) is 24.3 Å². The summed E-state index contributed by atoms with van der Waals surface area (Å²) >= 11 is 0. The zero-order valence-corrected chi connectivity index (χ0v) is 9.36. The molecule has 1 aliphatic rings. The zero-order valence-electron chi connectivity index (χ0n) is 9.36. The van der Waals surface area contributed by atoms with Gasteiger partial charge in [0.15, 0.2) is 0 Å². The van der Waals surface area contributed by atoms with Gasteiger partial charge in [0, 0.05) is 11.6 Å². The van der Waals surface area contributed by atoms with Crippen LogP contribution < -0.4 is 5.73 Å². The molecule has 0 spiro atoms. The topological polar surface area (TPSA) is 43.1 Å². The summed E-state index contributed by atoms with van der Waals surface area (Å²) in [5.41, 5.74) is 6.13. The van der Waals surface area contributed by atoms with Crippen molar-refractivity contribution in [1.82, 2.24) is 0 Å². The first-order chi connectivity index (χ1) is 7.72. The summed E-state index contributed by atoms with van der Waals surface area (Å²) in [6, 6.07) is 5.91. The molecule has 0 heterocycles. The standard InChI is InChI=1S/C7H5FO.C6H13N/c8-7-3-1-6(5-9)2-4-7;7-6-4-2-1-3-5-6/h1-5H;6H,1-5,7H2. The van der Waals surface area contributed by atoms with Gasteiger partial charge in [-0.3, -0.25) is 4.79 Å². The molecule has 1 fully saturated rings. The highest BCUT2D eigenvalue weighted by atomic mass is 19.1. The second-order valence-electron chi connectivity index (χ2n) is 4.07. The van der Waals surface area contributed by atoms with Gasteiger partial charge in [0.25, 0.3) is 0 Å². The van der Waals surface area contributed by atoms with E-state index in [-0.39, 0.29) is 5.82 Å². The van der Waals surface area contributed by atoms with Crippen LogP contribution in [0.2, 0.25) is 0 Å². The molecule has 0 atom stereocenters. The van der Waals surface area contributed by atoms with Crippen molar-refractivity contribution in [1.29, 1.82) is 0 Å². The van der Waals surface area contributed by atoms with Crippen LogP contribution >= 0.6 is 0 Å². The maximum atomic E-state index is 12.1. The fourth-order valence-corrected chi connectivity index (χ4v) is 1.68. The van der Waals surface area contributed by atoms with Gasteiger partial charge in [-0.1, -0.05) is 19.3 Å². The first kappa shape index (κ1) is 12.8. The molecule has 1 aromatic carbocycles. The Labute approximate surface area is 95.7 Å². The Morgan fingerprint density at radius 3 is 2.06 bits per heavy atom. The number of rotatable bonds is 1. The number of hydrogen-bond donors (Lipinski definition) is 1. The maximum absolute atomic E-state index is 12.1. The van der Waals surface area contributed by atoms with Gasteiger partial charge < -0.3 is 5.73 Å². The third-order valence-electron chi connectivity index (χ3n) is 2.66. The van der Waals surface area contributed by atoms with Gasteiger partial charge in [0.2, 0.25) is 0 Å². The van der Waals surface area contributed by atoms with Gasteiger partial charge in [-0.05, 0) is 37.1 Å². The lowest BCUT2D eigenvalue weighted by molar-refractivity contribution is 0.112. The van der Waals surface area contributed by atoms with Crippen molar-refractivity contribution in [3.8, 4) is 0 Å². The molecule has 0 aliphatic heterocycles. The van der Waals surface area contributed by atoms with Crippen molar-refractivity contribution in [2.75, 3.05) is 0 Å². The summed E-state index contributed by atoms with van der Waals surface area (Å²) in [5.74, 6) is -0.319. The molecule has 0 bridgehead atoms. The van der Waals surface area contributed by atoms with E-state index in [0.29, 0.717) is 17.9 Å². The molecule has 16 heavy (non-hydrogen) atoms. The van der Waals surface area contributed by atoms with Crippen LogP contribution in [-0.4, -0.2) is 12.3 Å². The van der Waals surface area contributed by atoms with Crippen LogP contribution in [0.25, 0.3) is 0 Å². The summed E-state index contributed by atoms with van der Waals surface area (Å²) in [6.45, 7) is 0. The average Bonchev–Trinajstić information content (AvgIpc) is 2.32. The van der Waals surface area contributed by atoms with E-state index in [1.165, 1.54) is 56.4 Å². The fourth-order valence-electron chi connectivity index (χ4n) is 1.68. The average molecular weight is 223 g/mol. The van der Waals surface area contributed by atoms with Crippen molar-refractivity contribution < 1.29 is 9.18 Å². The predicted molar refractivity (Wildman–Crippen MR) is 62.8 cm³/mol. The largest absolute Gasteiger partial charge is 0.328 e. The van der Waals surface area contributed by atoms with E-state index in [1.54, 1.807) is 0 Å². The van der Waals surface area contributed by atoms with Crippen LogP contribution in [0.3, 0.4) is 0 Å². The molecule has 2 N–H and O–H groups in total. The first-order valence-electron chi connectivity index (χ1n) is 5.68. The Kier molecular flexibility index (Phi) is 5.72. The van der Waals surface area contributed by atoms with Crippen molar-refractivity contribution in [3.05, 3.63) is 35.6 Å². The minimum absolute atomic E-state index is 0.319. The van der Waals surface area contributed by atoms with Crippen LogP contribution in [0.5, 0.6) is 0 Å². The van der Waals surface area contributed by atoms with Crippen molar-refractivity contribution in [2.24, 2.45) is 5.73 Å². The van der Waals surface area contributed by atoms with E-state index in [4.69, 9.17) is 5.73 Å². The molecule has 0 radical (unpaired) electrons. The third kappa shape index (κ3) is 5.03. The second kappa shape index (κ2) is 7.12. The third-order valence-corrected chi connectivity index (χ3v) is 2.66. The minimum atomic E-state index is -0.319. The monoisotopic (exact) mass is 223 g/mol. The lowest BCUT2D eigenvalue weighted by atomic mass is 9.97. The summed E-state index contributed by atoms with van der Waals surface area (Å²) in [5, 5.41) is 0. The Morgan fingerprint density at radius 1 is 1.12 bits per heavy atom. The van der Waals surface area contributed by atoms with Gasteiger partial charge in [-0.15, -0.1) is 0 Å². The normalized spacial score (nSPS) is 16.1. The van der Waals surface area contributed by atoms with Crippen molar-refractivity contribution in [3.63, 3.8) is 0 Å². The second-order valence-corrected chi connectivity index (χ2v) is 4.07. The molecular formula is C13H18FNO. The Bertz CT molecular complexity index is 304. The van der Waals surface area contributed by atoms with Gasteiger partial charge in [0.1, 0.15) is 12.1 Å². The van der Waals surface area contributed by atoms with E-state index in [0.717, 1.165) is 0 Å². The Balaban J connectivity index is 0.000000165. The highest BCUT2D eigenvalue weighted by molar-refractivity contribution is 5.74. The summed E-state index contributed by atoms with van der Waals surface area (Å²) < 4.78 is 12.1. The van der Waals surface area contributed by atoms with Crippen LogP contribution in [0.4, 0.5) is 4.39 Å². The molecule has 0 amide bonds. The Hall–Kier alpha value is -1.22. The molecule has 0 unspecified atom stereocenters. The zero-order chi connectivity index (χ0) is 11.8. The van der Waals surface area contributed by atoms with Crippen LogP contribution in [0.1, 0.15) is 42.5 Å². The summed E-state index contributed by atoms with van der Waals surface area (Å²) in [4.78, 5) is 10.00. The number of halogens is 1. The minimum Gasteiger partial charge on any atom is -0.328 e. The number of hydrogen-bond acceptors (Lipinski definition) is 2. The van der Waals surface area contributed by atoms with Crippen molar-refractivity contribution in [2.45, 2.75) is 38.1 Å². The van der Waals surface area contributed by atoms with Gasteiger partial charge >= 0.3 is 0 Å². The number of aldehydes is 1. The van der Waals surface area contributed by atoms with E-state index >= 15 is 0 Å². The molecule has 1 aliphatic carbocycles. The summed E-state index contributed by atoms with van der Waals surface area (Å²) in [6.07, 6.45) is 7.34. The Morgan fingerprint density at radius 2 is 1.69 bits per heavy atom. The number of benzene rings is 1. The highest BCUT2D eigenvalue weighted by Gasteiger charge is 2.06. The first-order valence-corrected chi connectivity index (χ1v) is 5.68. The molecule has 2 nitrogen and oxygen atoms in total. The van der Waals surface area contributed by atoms with Crippen molar-refractivity contribution >= 4 is 6.29 Å². The SMILES string of the molecule is NC1CCCCC1.O=Cc1ccc(F)cc1. The molecule has 2 rings (SSSR count). The van der Waals surface area contributed by atoms with Gasteiger partial charge in [-0.2, -0.15) is 0 Å². The lowest BCUT2D eigenvalue weighted by Gasteiger charge is -2.15. The van der Waals surface area contributed by atoms with Crippen LogP contribution in [0, 0.1) is 5.82 Å². The molecule has 0 saturated heterocycles. The molecule has 88 valence electrons. The maximum Gasteiger partial charge on any atom is 0.150 e. The number of carbonyl (C=O) groups is 1. The molecular weight excluding hydrogens is 205 g/mol. The number of nitrogens with two attached hydrogens (primary N) is 1. The number of carbonyl (C=O) groups excluding carboxylic acids is 1. The highest BCUT2D eigenvalue weighted by Crippen LogP contribution is 2.14. The molecule has 0 aromatic heterocycles. The molecule has 1 saturated carbocycles. The van der Waals surface area contributed by atoms with E-state index < -0.39 is 0 Å². The van der Waals surface area contributed by atoms with E-state index in [1.807, 2.05) is 0 Å². The van der Waals surface area contributed by atoms with Gasteiger partial charge in [-0.25, -0.2) is 4.39 Å². The molecule has 3 heteroatoms. The fraction of sp³-hybridized carbons (Fsp3) is 0.462. The van der Waals surface area contributed by atoms with E-state index in [2.05, 4.69) is 0 Å². The lowest BCUT2D eigenvalue weighted by Crippen LogP contribution is -2.22. The quantitative estimate of drug-likeness (QED) is 0.744. The van der Waals surface area contributed by atoms with E-state index in [9.17, 15) is 9.18 Å². The van der Waals surface area contributed by atoms with Crippen LogP contribution in [-0.2, 0) is 0 Å². The summed E-state index contributed by atoms with van der Waals surface area (Å²) in [7, 11) is 0. The molecule has 1 aromatic rings. The predicted octanol–water partition coefficient (Wildman–Crippen LogP) is 2.92. The smallest absolute Gasteiger partial charge is 0.150 e. The van der Waals surface area contributed by atoms with Gasteiger partial charge in [0.05, 0.1) is 0 Å².